The number of Topliss-reactive ketones (excluding diaryl/α,β-unsaturated/α-hetero) is 1. The number of carbonyl (C=O) groups is 3. The molecule has 0 saturated heterocycles. The Kier molecular flexibility index (Phi) is 5.17. The fourth-order valence-corrected chi connectivity index (χ4v) is 3.14. The molecule has 0 N–H and O–H groups in total. The van der Waals surface area contributed by atoms with Gasteiger partial charge in [0.15, 0.2) is 5.78 Å². The van der Waals surface area contributed by atoms with Crippen molar-refractivity contribution in [1.29, 1.82) is 0 Å². The van der Waals surface area contributed by atoms with E-state index < -0.39 is 0 Å². The van der Waals surface area contributed by atoms with Crippen molar-refractivity contribution in [1.82, 2.24) is 0 Å². The van der Waals surface area contributed by atoms with Gasteiger partial charge in [-0.3, -0.25) is 14.4 Å². The van der Waals surface area contributed by atoms with Gasteiger partial charge in [-0.05, 0) is 53.8 Å². The van der Waals surface area contributed by atoms with Gasteiger partial charge in [0, 0.05) is 17.7 Å². The first-order chi connectivity index (χ1) is 12.9. The molecule has 0 spiro atoms. The van der Waals surface area contributed by atoms with Gasteiger partial charge in [0.1, 0.15) is 0 Å². The summed E-state index contributed by atoms with van der Waals surface area (Å²) in [5.41, 5.74) is 4.55. The number of rotatable bonds is 6. The minimum Gasteiger partial charge on any atom is -0.289 e. The fourth-order valence-electron chi connectivity index (χ4n) is 3.14. The van der Waals surface area contributed by atoms with Crippen LogP contribution in [0.4, 0.5) is 5.69 Å². The number of anilines is 1. The van der Waals surface area contributed by atoms with Crippen LogP contribution in [0, 0.1) is 0 Å². The van der Waals surface area contributed by atoms with Gasteiger partial charge in [-0.15, -0.1) is 0 Å². The Morgan fingerprint density at radius 1 is 0.963 bits per heavy atom. The zero-order chi connectivity index (χ0) is 19.6. The van der Waals surface area contributed by atoms with Crippen molar-refractivity contribution in [3.8, 4) is 11.1 Å². The molecule has 0 bridgehead atoms. The molecule has 0 atom stereocenters. The zero-order valence-electron chi connectivity index (χ0n) is 15.5. The average Bonchev–Trinajstić information content (AvgIpc) is 3.00. The quantitative estimate of drug-likeness (QED) is 0.434. The van der Waals surface area contributed by atoms with Crippen LogP contribution >= 0.6 is 0 Å². The topological polar surface area (TPSA) is 54.5 Å². The highest BCUT2D eigenvalue weighted by molar-refractivity contribution is 6.28. The Morgan fingerprint density at radius 2 is 1.56 bits per heavy atom. The van der Waals surface area contributed by atoms with Gasteiger partial charge in [-0.25, -0.2) is 4.90 Å². The second kappa shape index (κ2) is 7.54. The van der Waals surface area contributed by atoms with E-state index in [1.54, 1.807) is 19.1 Å². The number of allylic oxidation sites excluding steroid dienone is 1. The number of amides is 2. The van der Waals surface area contributed by atoms with E-state index in [4.69, 9.17) is 0 Å². The molecular formula is C23H21NO3. The Morgan fingerprint density at radius 3 is 2.11 bits per heavy atom. The second-order valence-corrected chi connectivity index (χ2v) is 6.62. The maximum Gasteiger partial charge on any atom is 0.258 e. The molecule has 0 radical (unpaired) electrons. The maximum atomic E-state index is 12.5. The van der Waals surface area contributed by atoms with E-state index in [9.17, 15) is 14.4 Å². The van der Waals surface area contributed by atoms with Crippen LogP contribution in [-0.2, 0) is 16.0 Å². The Hall–Kier alpha value is -3.27. The third kappa shape index (κ3) is 3.65. The van der Waals surface area contributed by atoms with E-state index in [1.807, 2.05) is 30.3 Å². The molecule has 0 aromatic heterocycles. The first-order valence-corrected chi connectivity index (χ1v) is 8.92. The third-order valence-electron chi connectivity index (χ3n) is 4.53. The lowest BCUT2D eigenvalue weighted by Crippen LogP contribution is -2.29. The molecule has 3 rings (SSSR count). The molecule has 0 fully saturated rings. The SMILES string of the molecule is C=C(C)C(=O)c1cc(-c2ccc(N3C(=O)C=CC3=O)cc2)ccc1CCC. The van der Waals surface area contributed by atoms with Gasteiger partial charge < -0.3 is 0 Å². The van der Waals surface area contributed by atoms with E-state index in [0.29, 0.717) is 16.8 Å². The Labute approximate surface area is 158 Å². The number of aryl methyl sites for hydroxylation is 1. The van der Waals surface area contributed by atoms with E-state index >= 15 is 0 Å². The van der Waals surface area contributed by atoms with E-state index in [1.165, 1.54) is 12.2 Å². The Bertz CT molecular complexity index is 950. The van der Waals surface area contributed by atoms with Gasteiger partial charge in [-0.2, -0.15) is 0 Å². The van der Waals surface area contributed by atoms with Crippen molar-refractivity contribution in [3.63, 3.8) is 0 Å². The summed E-state index contributed by atoms with van der Waals surface area (Å²) in [7, 11) is 0. The molecule has 4 heteroatoms. The standard InChI is InChI=1S/C23H21NO3/c1-4-5-17-6-7-18(14-20(17)23(27)15(2)3)16-8-10-19(11-9-16)24-21(25)12-13-22(24)26/h6-14H,2,4-5H2,1,3H3. The van der Waals surface area contributed by atoms with Crippen molar-refractivity contribution in [2.24, 2.45) is 0 Å². The molecule has 0 saturated carbocycles. The van der Waals surface area contributed by atoms with Crippen molar-refractivity contribution in [2.45, 2.75) is 26.7 Å². The molecule has 2 aromatic rings. The van der Waals surface area contributed by atoms with Gasteiger partial charge >= 0.3 is 0 Å². The summed E-state index contributed by atoms with van der Waals surface area (Å²) in [6.45, 7) is 7.58. The first kappa shape index (κ1) is 18.5. The molecule has 2 amide bonds. The van der Waals surface area contributed by atoms with Crippen LogP contribution in [0.1, 0.15) is 36.2 Å². The van der Waals surface area contributed by atoms with Gasteiger partial charge in [0.25, 0.3) is 11.8 Å². The van der Waals surface area contributed by atoms with Crippen molar-refractivity contribution < 1.29 is 14.4 Å². The highest BCUT2D eigenvalue weighted by Gasteiger charge is 2.24. The summed E-state index contributed by atoms with van der Waals surface area (Å²) < 4.78 is 0. The summed E-state index contributed by atoms with van der Waals surface area (Å²) in [6.07, 6.45) is 4.31. The van der Waals surface area contributed by atoms with Crippen LogP contribution in [0.2, 0.25) is 0 Å². The van der Waals surface area contributed by atoms with E-state index in [2.05, 4.69) is 13.5 Å². The predicted molar refractivity (Wildman–Crippen MR) is 107 cm³/mol. The fraction of sp³-hybridized carbons (Fsp3) is 0.174. The molecule has 0 unspecified atom stereocenters. The summed E-state index contributed by atoms with van der Waals surface area (Å²) in [5.74, 6) is -0.728. The van der Waals surface area contributed by atoms with Crippen molar-refractivity contribution >= 4 is 23.3 Å². The maximum absolute atomic E-state index is 12.5. The second-order valence-electron chi connectivity index (χ2n) is 6.62. The number of nitrogens with zero attached hydrogens (tertiary/aromatic N) is 1. The van der Waals surface area contributed by atoms with Gasteiger partial charge in [0.05, 0.1) is 5.69 Å². The summed E-state index contributed by atoms with van der Waals surface area (Å²) >= 11 is 0. The highest BCUT2D eigenvalue weighted by Crippen LogP contribution is 2.28. The summed E-state index contributed by atoms with van der Waals surface area (Å²) in [6, 6.07) is 13.0. The number of carbonyl (C=O) groups excluding carboxylic acids is 3. The first-order valence-electron chi connectivity index (χ1n) is 8.92. The number of hydrogen-bond donors (Lipinski definition) is 0. The molecule has 4 nitrogen and oxygen atoms in total. The monoisotopic (exact) mass is 359 g/mol. The minimum absolute atomic E-state index is 0.0451. The molecule has 136 valence electrons. The van der Waals surface area contributed by atoms with Crippen LogP contribution in [0.3, 0.4) is 0 Å². The molecule has 1 heterocycles. The van der Waals surface area contributed by atoms with Crippen LogP contribution < -0.4 is 4.90 Å². The van der Waals surface area contributed by atoms with E-state index in [-0.39, 0.29) is 17.6 Å². The van der Waals surface area contributed by atoms with Crippen molar-refractivity contribution in [3.05, 3.63) is 77.9 Å². The minimum atomic E-state index is -0.342. The van der Waals surface area contributed by atoms with Crippen LogP contribution in [0.15, 0.2) is 66.8 Å². The number of hydrogen-bond acceptors (Lipinski definition) is 3. The van der Waals surface area contributed by atoms with Crippen molar-refractivity contribution in [2.75, 3.05) is 4.90 Å². The van der Waals surface area contributed by atoms with Crippen LogP contribution in [-0.4, -0.2) is 17.6 Å². The Balaban J connectivity index is 1.95. The largest absolute Gasteiger partial charge is 0.289 e. The van der Waals surface area contributed by atoms with Gasteiger partial charge in [0.2, 0.25) is 0 Å². The van der Waals surface area contributed by atoms with Crippen LogP contribution in [0.5, 0.6) is 0 Å². The molecular weight excluding hydrogens is 338 g/mol. The normalized spacial score (nSPS) is 13.3. The molecule has 27 heavy (non-hydrogen) atoms. The molecule has 2 aromatic carbocycles. The third-order valence-corrected chi connectivity index (χ3v) is 4.53. The summed E-state index contributed by atoms with van der Waals surface area (Å²) in [4.78, 5) is 37.3. The number of imide groups is 1. The molecule has 1 aliphatic rings. The molecule has 0 aliphatic carbocycles. The summed E-state index contributed by atoms with van der Waals surface area (Å²) in [5, 5.41) is 0. The van der Waals surface area contributed by atoms with Gasteiger partial charge in [-0.1, -0.05) is 44.2 Å². The number of ketones is 1. The lowest BCUT2D eigenvalue weighted by Gasteiger charge is -2.15. The lowest BCUT2D eigenvalue weighted by atomic mass is 9.92. The highest BCUT2D eigenvalue weighted by atomic mass is 16.2. The molecule has 1 aliphatic heterocycles. The smallest absolute Gasteiger partial charge is 0.258 e. The zero-order valence-corrected chi connectivity index (χ0v) is 15.5. The predicted octanol–water partition coefficient (Wildman–Crippen LogP) is 4.49. The van der Waals surface area contributed by atoms with Crippen LogP contribution in [0.25, 0.3) is 11.1 Å². The lowest BCUT2D eigenvalue weighted by molar-refractivity contribution is -0.119. The number of benzene rings is 2. The average molecular weight is 359 g/mol. The van der Waals surface area contributed by atoms with E-state index in [0.717, 1.165) is 34.4 Å².